The molecule has 1 aromatic heterocycles. The molecular formula is C22H20F2N4O3. The minimum atomic E-state index is -0.766. The topological polar surface area (TPSA) is 78.4 Å². The van der Waals surface area contributed by atoms with Crippen molar-refractivity contribution in [1.29, 1.82) is 0 Å². The van der Waals surface area contributed by atoms with Gasteiger partial charge in [0, 0.05) is 43.6 Å². The van der Waals surface area contributed by atoms with E-state index >= 15 is 0 Å². The summed E-state index contributed by atoms with van der Waals surface area (Å²) in [6.07, 6.45) is 1.11. The van der Waals surface area contributed by atoms with E-state index in [4.69, 9.17) is 0 Å². The Bertz CT molecular complexity index is 1210. The highest BCUT2D eigenvalue weighted by Gasteiger charge is 2.25. The Morgan fingerprint density at radius 3 is 2.29 bits per heavy atom. The summed E-state index contributed by atoms with van der Waals surface area (Å²) >= 11 is 0. The van der Waals surface area contributed by atoms with Gasteiger partial charge < -0.3 is 14.8 Å². The Labute approximate surface area is 176 Å². The zero-order valence-corrected chi connectivity index (χ0v) is 16.6. The first-order valence-corrected chi connectivity index (χ1v) is 9.80. The molecule has 160 valence electrons. The molecule has 1 saturated heterocycles. The summed E-state index contributed by atoms with van der Waals surface area (Å²) in [5.74, 6) is -1.35. The second kappa shape index (κ2) is 8.55. The third-order valence-electron chi connectivity index (χ3n) is 5.34. The Morgan fingerprint density at radius 2 is 1.61 bits per heavy atom. The molecule has 0 atom stereocenters. The lowest BCUT2D eigenvalue weighted by Crippen LogP contribution is -2.50. The van der Waals surface area contributed by atoms with Crippen LogP contribution in [0, 0.1) is 11.6 Å². The van der Waals surface area contributed by atoms with E-state index in [9.17, 15) is 23.2 Å². The number of hydrogen-bond donors (Lipinski definition) is 1. The largest absolute Gasteiger partial charge is 0.368 e. The average Bonchev–Trinajstić information content (AvgIpc) is 2.78. The summed E-state index contributed by atoms with van der Waals surface area (Å²) in [5.41, 5.74) is -0.632. The van der Waals surface area contributed by atoms with Crippen LogP contribution in [0.2, 0.25) is 0 Å². The zero-order chi connectivity index (χ0) is 22.0. The van der Waals surface area contributed by atoms with E-state index in [0.29, 0.717) is 26.2 Å². The van der Waals surface area contributed by atoms with Crippen LogP contribution in [-0.2, 0) is 6.54 Å². The van der Waals surface area contributed by atoms with Gasteiger partial charge >= 0.3 is 5.69 Å². The minimum Gasteiger partial charge on any atom is -0.368 e. The van der Waals surface area contributed by atoms with Gasteiger partial charge in [-0.1, -0.05) is 18.2 Å². The maximum Gasteiger partial charge on any atom is 0.328 e. The van der Waals surface area contributed by atoms with Gasteiger partial charge in [-0.3, -0.25) is 14.2 Å². The lowest BCUT2D eigenvalue weighted by atomic mass is 10.2. The second-order valence-corrected chi connectivity index (χ2v) is 7.25. The number of carbonyl (C=O) groups is 1. The number of benzene rings is 2. The molecule has 0 bridgehead atoms. The number of nitrogens with one attached hydrogen (secondary N) is 1. The van der Waals surface area contributed by atoms with Crippen molar-refractivity contribution in [1.82, 2.24) is 14.5 Å². The van der Waals surface area contributed by atoms with E-state index < -0.39 is 23.0 Å². The fourth-order valence-electron chi connectivity index (χ4n) is 3.59. The van der Waals surface area contributed by atoms with Gasteiger partial charge in [-0.05, 0) is 30.3 Å². The lowest BCUT2D eigenvalue weighted by Gasteiger charge is -2.36. The molecule has 2 aromatic carbocycles. The molecule has 0 spiro atoms. The van der Waals surface area contributed by atoms with Crippen LogP contribution in [-0.4, -0.2) is 46.5 Å². The van der Waals surface area contributed by atoms with Crippen LogP contribution in [0.5, 0.6) is 0 Å². The Balaban J connectivity index is 1.52. The van der Waals surface area contributed by atoms with Crippen molar-refractivity contribution in [2.75, 3.05) is 31.1 Å². The number of amides is 1. The van der Waals surface area contributed by atoms with Gasteiger partial charge in [0.15, 0.2) is 0 Å². The van der Waals surface area contributed by atoms with Crippen molar-refractivity contribution < 1.29 is 13.6 Å². The van der Waals surface area contributed by atoms with Gasteiger partial charge in [-0.15, -0.1) is 0 Å². The van der Waals surface area contributed by atoms with Crippen molar-refractivity contribution in [2.24, 2.45) is 0 Å². The van der Waals surface area contributed by atoms with E-state index in [-0.39, 0.29) is 23.5 Å². The molecule has 9 heteroatoms. The van der Waals surface area contributed by atoms with E-state index in [1.165, 1.54) is 35.2 Å². The number of rotatable bonds is 4. The summed E-state index contributed by atoms with van der Waals surface area (Å²) < 4.78 is 27.9. The standard InChI is InChI=1S/C22H20F2N4O3/c23-16-5-7-17(8-6-16)26-9-11-27(12-10-26)20(29)18-13-25-22(31)28(21(18)30)14-15-3-1-2-4-19(15)24/h1-8,13H,9-12,14H2,(H,25,31). The van der Waals surface area contributed by atoms with Crippen LogP contribution >= 0.6 is 0 Å². The van der Waals surface area contributed by atoms with Crippen molar-refractivity contribution in [3.63, 3.8) is 0 Å². The maximum absolute atomic E-state index is 14.0. The second-order valence-electron chi connectivity index (χ2n) is 7.25. The number of nitrogens with zero attached hydrogens (tertiary/aromatic N) is 3. The summed E-state index contributed by atoms with van der Waals surface area (Å²) in [6, 6.07) is 11.9. The molecule has 1 aliphatic heterocycles. The molecular weight excluding hydrogens is 406 g/mol. The van der Waals surface area contributed by atoms with Crippen LogP contribution in [0.1, 0.15) is 15.9 Å². The Hall–Kier alpha value is -3.75. The van der Waals surface area contributed by atoms with Gasteiger partial charge in [-0.2, -0.15) is 0 Å². The number of anilines is 1. The highest BCUT2D eigenvalue weighted by atomic mass is 19.1. The highest BCUT2D eigenvalue weighted by molar-refractivity contribution is 5.93. The van der Waals surface area contributed by atoms with Crippen molar-refractivity contribution in [3.8, 4) is 0 Å². The quantitative estimate of drug-likeness (QED) is 0.691. The molecule has 3 aromatic rings. The highest BCUT2D eigenvalue weighted by Crippen LogP contribution is 2.17. The van der Waals surface area contributed by atoms with Crippen molar-refractivity contribution in [3.05, 3.63) is 98.3 Å². The molecule has 4 rings (SSSR count). The average molecular weight is 426 g/mol. The molecule has 0 unspecified atom stereocenters. The third-order valence-corrected chi connectivity index (χ3v) is 5.34. The number of hydrogen-bond acceptors (Lipinski definition) is 4. The predicted octanol–water partition coefficient (Wildman–Crippen LogP) is 1.83. The van der Waals surface area contributed by atoms with E-state index in [2.05, 4.69) is 4.98 Å². The molecule has 1 N–H and O–H groups in total. The van der Waals surface area contributed by atoms with Crippen molar-refractivity contribution >= 4 is 11.6 Å². The summed E-state index contributed by atoms with van der Waals surface area (Å²) in [7, 11) is 0. The predicted molar refractivity (Wildman–Crippen MR) is 111 cm³/mol. The molecule has 1 amide bonds. The van der Waals surface area contributed by atoms with E-state index in [1.54, 1.807) is 18.2 Å². The zero-order valence-electron chi connectivity index (χ0n) is 16.6. The monoisotopic (exact) mass is 426 g/mol. The number of aromatic nitrogens is 2. The first-order valence-electron chi connectivity index (χ1n) is 9.80. The normalized spacial score (nSPS) is 14.0. The molecule has 0 saturated carbocycles. The minimum absolute atomic E-state index is 0.174. The Kier molecular flexibility index (Phi) is 5.66. The van der Waals surface area contributed by atoms with Gasteiger partial charge in [0.05, 0.1) is 6.54 Å². The fraction of sp³-hybridized carbons (Fsp3) is 0.227. The molecule has 1 fully saturated rings. The van der Waals surface area contributed by atoms with Crippen LogP contribution in [0.25, 0.3) is 0 Å². The number of piperazine rings is 1. The van der Waals surface area contributed by atoms with Crippen LogP contribution in [0.3, 0.4) is 0 Å². The number of carbonyl (C=O) groups excluding carboxylic acids is 1. The molecule has 0 radical (unpaired) electrons. The fourth-order valence-corrected chi connectivity index (χ4v) is 3.59. The lowest BCUT2D eigenvalue weighted by molar-refractivity contribution is 0.0743. The molecule has 2 heterocycles. The van der Waals surface area contributed by atoms with Crippen LogP contribution < -0.4 is 16.1 Å². The smallest absolute Gasteiger partial charge is 0.328 e. The van der Waals surface area contributed by atoms with E-state index in [1.807, 2.05) is 4.90 Å². The summed E-state index contributed by atoms with van der Waals surface area (Å²) in [5, 5.41) is 0. The number of halogens is 2. The number of H-pyrrole nitrogens is 1. The van der Waals surface area contributed by atoms with Gasteiger partial charge in [0.25, 0.3) is 11.5 Å². The molecule has 0 aliphatic carbocycles. The number of aromatic amines is 1. The summed E-state index contributed by atoms with van der Waals surface area (Å²) in [4.78, 5) is 43.9. The SMILES string of the molecule is O=C(c1c[nH]c(=O)n(Cc2ccccc2F)c1=O)N1CCN(c2ccc(F)cc2)CC1. The first kappa shape index (κ1) is 20.5. The van der Waals surface area contributed by atoms with Crippen LogP contribution in [0.4, 0.5) is 14.5 Å². The maximum atomic E-state index is 14.0. The van der Waals surface area contributed by atoms with Gasteiger partial charge in [0.2, 0.25) is 0 Å². The van der Waals surface area contributed by atoms with Gasteiger partial charge in [0.1, 0.15) is 17.2 Å². The molecule has 7 nitrogen and oxygen atoms in total. The van der Waals surface area contributed by atoms with E-state index in [0.717, 1.165) is 16.5 Å². The summed E-state index contributed by atoms with van der Waals surface area (Å²) in [6.45, 7) is 1.48. The molecule has 1 aliphatic rings. The van der Waals surface area contributed by atoms with Gasteiger partial charge in [-0.25, -0.2) is 13.6 Å². The van der Waals surface area contributed by atoms with Crippen molar-refractivity contribution in [2.45, 2.75) is 6.54 Å². The third kappa shape index (κ3) is 4.25. The first-order chi connectivity index (χ1) is 14.9. The van der Waals surface area contributed by atoms with Crippen LogP contribution in [0.15, 0.2) is 64.3 Å². The molecule has 31 heavy (non-hydrogen) atoms. The Morgan fingerprint density at radius 1 is 0.935 bits per heavy atom.